The van der Waals surface area contributed by atoms with Crippen molar-refractivity contribution in [2.45, 2.75) is 4.21 Å². The summed E-state index contributed by atoms with van der Waals surface area (Å²) in [4.78, 5) is 4.25. The molecule has 1 aromatic carbocycles. The van der Waals surface area contributed by atoms with Crippen LogP contribution in [0.4, 0.5) is 5.13 Å². The van der Waals surface area contributed by atoms with E-state index in [9.17, 15) is 0 Å². The van der Waals surface area contributed by atoms with Crippen LogP contribution in [0.1, 0.15) is 0 Å². The third-order valence-corrected chi connectivity index (χ3v) is 4.22. The van der Waals surface area contributed by atoms with Gasteiger partial charge < -0.3 is 5.73 Å². The predicted octanol–water partition coefficient (Wildman–Crippen LogP) is 3.73. The lowest BCUT2D eigenvalue weighted by Gasteiger charge is -2.01. The maximum atomic E-state index is 8.71. The van der Waals surface area contributed by atoms with Gasteiger partial charge in [-0.1, -0.05) is 45.5 Å². The summed E-state index contributed by atoms with van der Waals surface area (Å²) in [5, 5.41) is 11.2. The van der Waals surface area contributed by atoms with Crippen molar-refractivity contribution >= 4 is 44.2 Å². The van der Waals surface area contributed by atoms with Gasteiger partial charge in [0, 0.05) is 21.8 Å². The van der Waals surface area contributed by atoms with Crippen molar-refractivity contribution in [1.29, 1.82) is 5.26 Å². The first-order chi connectivity index (χ1) is 7.72. The number of hydrogen-bond acceptors (Lipinski definition) is 5. The quantitative estimate of drug-likeness (QED) is 0.678. The van der Waals surface area contributed by atoms with E-state index >= 15 is 0 Å². The molecule has 2 rings (SSSR count). The molecule has 2 N–H and O–H groups in total. The van der Waals surface area contributed by atoms with E-state index in [1.54, 1.807) is 0 Å². The second-order valence-corrected chi connectivity index (χ2v) is 5.80. The molecule has 16 heavy (non-hydrogen) atoms. The number of thiocyanates is 1. The number of thiazole rings is 1. The molecule has 6 heteroatoms. The number of benzene rings is 1. The van der Waals surface area contributed by atoms with Crippen molar-refractivity contribution < 1.29 is 0 Å². The van der Waals surface area contributed by atoms with Crippen LogP contribution in [-0.2, 0) is 0 Å². The van der Waals surface area contributed by atoms with Crippen molar-refractivity contribution in [3.63, 3.8) is 0 Å². The second kappa shape index (κ2) is 4.87. The SMILES string of the molecule is N#CSc1sc(N)nc1-c1ccccc1Br. The zero-order valence-electron chi connectivity index (χ0n) is 7.98. The molecule has 2 aromatic rings. The molecule has 0 amide bonds. The van der Waals surface area contributed by atoms with Gasteiger partial charge in [0.05, 0.1) is 5.69 Å². The van der Waals surface area contributed by atoms with Crippen molar-refractivity contribution in [3.8, 4) is 16.7 Å². The number of thioether (sulfide) groups is 1. The first-order valence-electron chi connectivity index (χ1n) is 4.29. The topological polar surface area (TPSA) is 62.7 Å². The molecule has 0 aliphatic carbocycles. The Bertz CT molecular complexity index is 559. The van der Waals surface area contributed by atoms with Gasteiger partial charge in [0.15, 0.2) is 5.13 Å². The highest BCUT2D eigenvalue weighted by Gasteiger charge is 2.14. The Morgan fingerprint density at radius 1 is 1.44 bits per heavy atom. The standard InChI is InChI=1S/C10H6BrN3S2/c11-7-4-2-1-3-6(7)8-9(15-5-12)16-10(13)14-8/h1-4H,(H2,13,14). The average molecular weight is 312 g/mol. The molecular weight excluding hydrogens is 306 g/mol. The third kappa shape index (κ3) is 2.21. The third-order valence-electron chi connectivity index (χ3n) is 1.88. The van der Waals surface area contributed by atoms with E-state index < -0.39 is 0 Å². The molecule has 1 aromatic heterocycles. The normalized spacial score (nSPS) is 10.0. The number of nitrogens with zero attached hydrogens (tertiary/aromatic N) is 2. The van der Waals surface area contributed by atoms with Gasteiger partial charge >= 0.3 is 0 Å². The van der Waals surface area contributed by atoms with E-state index in [2.05, 4.69) is 20.9 Å². The summed E-state index contributed by atoms with van der Waals surface area (Å²) in [5.74, 6) is 0. The highest BCUT2D eigenvalue weighted by Crippen LogP contribution is 2.39. The van der Waals surface area contributed by atoms with E-state index in [1.165, 1.54) is 11.3 Å². The lowest BCUT2D eigenvalue weighted by Crippen LogP contribution is -1.84. The number of halogens is 1. The molecule has 80 valence electrons. The molecule has 0 atom stereocenters. The van der Waals surface area contributed by atoms with Crippen LogP contribution in [0.3, 0.4) is 0 Å². The van der Waals surface area contributed by atoms with Crippen LogP contribution in [0.15, 0.2) is 32.9 Å². The molecule has 0 radical (unpaired) electrons. The van der Waals surface area contributed by atoms with Crippen molar-refractivity contribution in [1.82, 2.24) is 4.98 Å². The lowest BCUT2D eigenvalue weighted by molar-refractivity contribution is 1.36. The molecule has 0 spiro atoms. The number of anilines is 1. The Hall–Kier alpha value is -1.03. The van der Waals surface area contributed by atoms with E-state index in [-0.39, 0.29) is 0 Å². The molecule has 3 nitrogen and oxygen atoms in total. The van der Waals surface area contributed by atoms with Gasteiger partial charge in [0.25, 0.3) is 0 Å². The molecule has 0 unspecified atom stereocenters. The Morgan fingerprint density at radius 3 is 2.88 bits per heavy atom. The first-order valence-corrected chi connectivity index (χ1v) is 6.72. The summed E-state index contributed by atoms with van der Waals surface area (Å²) in [6.07, 6.45) is 0. The van der Waals surface area contributed by atoms with Crippen LogP contribution in [0.2, 0.25) is 0 Å². The number of nitriles is 1. The van der Waals surface area contributed by atoms with Gasteiger partial charge in [0.1, 0.15) is 9.61 Å². The minimum atomic E-state index is 0.475. The first kappa shape index (κ1) is 11.5. The Labute approximate surface area is 109 Å². The van der Waals surface area contributed by atoms with E-state index in [0.29, 0.717) is 5.13 Å². The maximum absolute atomic E-state index is 8.71. The fourth-order valence-electron chi connectivity index (χ4n) is 1.26. The number of aromatic nitrogens is 1. The molecule has 1 heterocycles. The van der Waals surface area contributed by atoms with Crippen LogP contribution in [-0.4, -0.2) is 4.98 Å². The second-order valence-electron chi connectivity index (χ2n) is 2.86. The van der Waals surface area contributed by atoms with Crippen molar-refractivity contribution in [2.24, 2.45) is 0 Å². The molecule has 0 saturated heterocycles. The van der Waals surface area contributed by atoms with Gasteiger partial charge in [-0.05, 0) is 6.07 Å². The lowest BCUT2D eigenvalue weighted by atomic mass is 10.2. The molecular formula is C10H6BrN3S2. The average Bonchev–Trinajstić information content (AvgIpc) is 2.61. The summed E-state index contributed by atoms with van der Waals surface area (Å²) in [6, 6.07) is 7.74. The van der Waals surface area contributed by atoms with Crippen LogP contribution in [0.25, 0.3) is 11.3 Å². The largest absolute Gasteiger partial charge is 0.375 e. The van der Waals surface area contributed by atoms with Crippen LogP contribution in [0, 0.1) is 10.7 Å². The summed E-state index contributed by atoms with van der Waals surface area (Å²) in [7, 11) is 0. The molecule has 0 fully saturated rings. The minimum Gasteiger partial charge on any atom is -0.375 e. The van der Waals surface area contributed by atoms with E-state index in [0.717, 1.165) is 31.7 Å². The Balaban J connectivity index is 2.56. The summed E-state index contributed by atoms with van der Waals surface area (Å²) in [5.41, 5.74) is 7.38. The number of rotatable bonds is 2. The summed E-state index contributed by atoms with van der Waals surface area (Å²) < 4.78 is 1.77. The fourth-order valence-corrected chi connectivity index (χ4v) is 3.18. The monoisotopic (exact) mass is 311 g/mol. The molecule has 0 aliphatic rings. The molecule has 0 aliphatic heterocycles. The number of hydrogen-bond donors (Lipinski definition) is 1. The van der Waals surface area contributed by atoms with Crippen molar-refractivity contribution in [2.75, 3.05) is 5.73 Å². The van der Waals surface area contributed by atoms with Gasteiger partial charge in [-0.3, -0.25) is 0 Å². The highest BCUT2D eigenvalue weighted by atomic mass is 79.9. The van der Waals surface area contributed by atoms with Gasteiger partial charge in [-0.25, -0.2) is 4.98 Å². The van der Waals surface area contributed by atoms with Crippen LogP contribution in [0.5, 0.6) is 0 Å². The molecule has 0 bridgehead atoms. The number of nitrogen functional groups attached to an aromatic ring is 1. The van der Waals surface area contributed by atoms with Gasteiger partial charge in [0.2, 0.25) is 0 Å². The zero-order valence-corrected chi connectivity index (χ0v) is 11.2. The maximum Gasteiger partial charge on any atom is 0.181 e. The van der Waals surface area contributed by atoms with Crippen molar-refractivity contribution in [3.05, 3.63) is 28.7 Å². The van der Waals surface area contributed by atoms with Crippen LogP contribution < -0.4 is 5.73 Å². The minimum absolute atomic E-state index is 0.475. The highest BCUT2D eigenvalue weighted by molar-refractivity contribution is 9.10. The van der Waals surface area contributed by atoms with E-state index in [4.69, 9.17) is 11.0 Å². The van der Waals surface area contributed by atoms with E-state index in [1.807, 2.05) is 29.7 Å². The smallest absolute Gasteiger partial charge is 0.181 e. The van der Waals surface area contributed by atoms with Crippen LogP contribution >= 0.6 is 39.0 Å². The Morgan fingerprint density at radius 2 is 2.19 bits per heavy atom. The van der Waals surface area contributed by atoms with Gasteiger partial charge in [-0.15, -0.1) is 0 Å². The summed E-state index contributed by atoms with van der Waals surface area (Å²) >= 11 is 5.87. The fraction of sp³-hybridized carbons (Fsp3) is 0. The van der Waals surface area contributed by atoms with Gasteiger partial charge in [-0.2, -0.15) is 5.26 Å². The molecule has 0 saturated carbocycles. The number of nitrogens with two attached hydrogens (primary N) is 1. The Kier molecular flexibility index (Phi) is 3.49. The zero-order chi connectivity index (χ0) is 11.5. The predicted molar refractivity (Wildman–Crippen MR) is 71.1 cm³/mol. The summed E-state index contributed by atoms with van der Waals surface area (Å²) in [6.45, 7) is 0.